The summed E-state index contributed by atoms with van der Waals surface area (Å²) in [7, 11) is 4.22. The number of benzene rings is 2. The third kappa shape index (κ3) is 2.92. The quantitative estimate of drug-likeness (QED) is 0.587. The predicted octanol–water partition coefficient (Wildman–Crippen LogP) is 5.09. The van der Waals surface area contributed by atoms with Crippen molar-refractivity contribution in [3.05, 3.63) is 83.0 Å². The van der Waals surface area contributed by atoms with Crippen LogP contribution in [0.4, 0.5) is 5.69 Å². The van der Waals surface area contributed by atoms with Crippen molar-refractivity contribution in [2.24, 2.45) is 7.05 Å². The Bertz CT molecular complexity index is 1040. The molecule has 2 aromatic carbocycles. The Balaban J connectivity index is 1.68. The molecule has 1 aliphatic rings. The first-order chi connectivity index (χ1) is 12.1. The van der Waals surface area contributed by atoms with E-state index < -0.39 is 0 Å². The van der Waals surface area contributed by atoms with Gasteiger partial charge in [-0.3, -0.25) is 0 Å². The fraction of sp³-hybridized carbons (Fsp3) is 0.136. The molecular formula is C22H21N2S+. The molecule has 1 aliphatic heterocycles. The molecule has 0 amide bonds. The summed E-state index contributed by atoms with van der Waals surface area (Å²) in [5, 5.41) is 1.25. The van der Waals surface area contributed by atoms with E-state index in [2.05, 4.69) is 103 Å². The van der Waals surface area contributed by atoms with E-state index in [0.717, 1.165) is 0 Å². The highest BCUT2D eigenvalue weighted by Crippen LogP contribution is 2.31. The molecule has 0 saturated heterocycles. The molecule has 4 rings (SSSR count). The van der Waals surface area contributed by atoms with Crippen LogP contribution in [0.3, 0.4) is 0 Å². The Morgan fingerprint density at radius 3 is 2.84 bits per heavy atom. The molecule has 124 valence electrons. The van der Waals surface area contributed by atoms with Gasteiger partial charge in [0.1, 0.15) is 11.7 Å². The minimum Gasteiger partial charge on any atom is -0.351 e. The van der Waals surface area contributed by atoms with Crippen LogP contribution in [0.2, 0.25) is 0 Å². The van der Waals surface area contributed by atoms with Gasteiger partial charge in [0.2, 0.25) is 5.52 Å². The van der Waals surface area contributed by atoms with E-state index >= 15 is 0 Å². The Kier molecular flexibility index (Phi) is 4.02. The van der Waals surface area contributed by atoms with Crippen molar-refractivity contribution in [3.63, 3.8) is 0 Å². The van der Waals surface area contributed by atoms with Crippen LogP contribution in [0.1, 0.15) is 16.1 Å². The number of thiazole rings is 1. The molecule has 1 aromatic heterocycles. The van der Waals surface area contributed by atoms with E-state index in [1.807, 2.05) is 11.3 Å². The number of allylic oxidation sites excluding steroid dienone is 4. The van der Waals surface area contributed by atoms with Gasteiger partial charge in [-0.2, -0.15) is 4.57 Å². The number of hydrogen-bond donors (Lipinski definition) is 0. The van der Waals surface area contributed by atoms with Crippen molar-refractivity contribution < 1.29 is 4.57 Å². The first kappa shape index (κ1) is 15.9. The molecule has 0 spiro atoms. The number of fused-ring (bicyclic) bond motifs is 2. The van der Waals surface area contributed by atoms with Crippen molar-refractivity contribution in [2.45, 2.75) is 6.92 Å². The van der Waals surface area contributed by atoms with Crippen molar-refractivity contribution in [1.29, 1.82) is 0 Å². The maximum Gasteiger partial charge on any atom is 0.262 e. The van der Waals surface area contributed by atoms with Crippen LogP contribution in [-0.4, -0.2) is 7.05 Å². The number of aromatic nitrogens is 1. The second-order valence-corrected chi connectivity index (χ2v) is 7.46. The smallest absolute Gasteiger partial charge is 0.262 e. The van der Waals surface area contributed by atoms with E-state index in [9.17, 15) is 0 Å². The molecule has 0 atom stereocenters. The summed E-state index contributed by atoms with van der Waals surface area (Å²) in [5.74, 6) is 0. The summed E-state index contributed by atoms with van der Waals surface area (Å²) in [5.41, 5.74) is 6.35. The summed E-state index contributed by atoms with van der Waals surface area (Å²) in [6.45, 7) is 2.14. The van der Waals surface area contributed by atoms with E-state index in [-0.39, 0.29) is 0 Å². The molecule has 3 heteroatoms. The average molecular weight is 345 g/mol. The standard InChI is InChI=1S/C22H21N2S/c1-16-11-12-21-20(15-16)24(3)22(25-21)10-6-7-17-13-14-23(2)19-9-5-4-8-18(17)19/h4-15H,1-3H3/q+1. The maximum absolute atomic E-state index is 2.26. The van der Waals surface area contributed by atoms with Gasteiger partial charge in [-0.1, -0.05) is 47.8 Å². The molecule has 0 radical (unpaired) electrons. The van der Waals surface area contributed by atoms with Crippen molar-refractivity contribution in [2.75, 3.05) is 11.9 Å². The van der Waals surface area contributed by atoms with Crippen LogP contribution in [0.5, 0.6) is 0 Å². The van der Waals surface area contributed by atoms with Crippen LogP contribution >= 0.6 is 11.3 Å². The summed E-state index contributed by atoms with van der Waals surface area (Å²) in [4.78, 5) is 2.16. The Hall–Kier alpha value is -2.65. The number of nitrogens with zero attached hydrogens (tertiary/aromatic N) is 2. The zero-order valence-corrected chi connectivity index (χ0v) is 15.5. The Morgan fingerprint density at radius 1 is 1.12 bits per heavy atom. The molecule has 2 heterocycles. The molecule has 0 fully saturated rings. The third-order valence-corrected chi connectivity index (χ3v) is 5.79. The monoisotopic (exact) mass is 345 g/mol. The van der Waals surface area contributed by atoms with Gasteiger partial charge in [-0.05, 0) is 36.3 Å². The molecule has 0 saturated carbocycles. The van der Waals surface area contributed by atoms with Gasteiger partial charge in [0.15, 0.2) is 0 Å². The Morgan fingerprint density at radius 2 is 1.96 bits per heavy atom. The second-order valence-electron chi connectivity index (χ2n) is 6.40. The fourth-order valence-corrected chi connectivity index (χ4v) is 4.23. The van der Waals surface area contributed by atoms with Gasteiger partial charge in [0.25, 0.3) is 5.01 Å². The van der Waals surface area contributed by atoms with Gasteiger partial charge in [0, 0.05) is 36.6 Å². The van der Waals surface area contributed by atoms with Crippen LogP contribution in [0, 0.1) is 6.92 Å². The van der Waals surface area contributed by atoms with Gasteiger partial charge >= 0.3 is 0 Å². The molecule has 2 nitrogen and oxygen atoms in total. The van der Waals surface area contributed by atoms with E-state index in [0.29, 0.717) is 0 Å². The normalized spacial score (nSPS) is 15.5. The minimum atomic E-state index is 1.24. The van der Waals surface area contributed by atoms with E-state index in [4.69, 9.17) is 0 Å². The fourth-order valence-electron chi connectivity index (χ4n) is 3.19. The molecule has 0 unspecified atom stereocenters. The van der Waals surface area contributed by atoms with Crippen LogP contribution < -0.4 is 9.47 Å². The zero-order chi connectivity index (χ0) is 17.4. The number of anilines is 1. The number of para-hydroxylation sites is 1. The highest BCUT2D eigenvalue weighted by Gasteiger charge is 2.14. The molecular weight excluding hydrogens is 324 g/mol. The summed E-state index contributed by atoms with van der Waals surface area (Å²) < 4.78 is 3.59. The maximum atomic E-state index is 2.26. The highest BCUT2D eigenvalue weighted by atomic mass is 32.1. The van der Waals surface area contributed by atoms with E-state index in [1.165, 1.54) is 37.6 Å². The zero-order valence-electron chi connectivity index (χ0n) is 14.7. The van der Waals surface area contributed by atoms with Crippen molar-refractivity contribution >= 4 is 38.9 Å². The van der Waals surface area contributed by atoms with Gasteiger partial charge in [-0.15, -0.1) is 0 Å². The topological polar surface area (TPSA) is 7.12 Å². The van der Waals surface area contributed by atoms with Crippen LogP contribution in [-0.2, 0) is 7.05 Å². The second kappa shape index (κ2) is 6.34. The summed E-state index contributed by atoms with van der Waals surface area (Å²) >= 11 is 1.83. The van der Waals surface area contributed by atoms with Crippen LogP contribution in [0.25, 0.3) is 21.9 Å². The molecule has 25 heavy (non-hydrogen) atoms. The average Bonchev–Trinajstić information content (AvgIpc) is 2.93. The van der Waals surface area contributed by atoms with Gasteiger partial charge in [-0.25, -0.2) is 0 Å². The SMILES string of the molecule is Cc1ccc2sc(/C=C/C=C3\C=CN(C)c4ccccc43)[n+](C)c2c1. The lowest BCUT2D eigenvalue weighted by Gasteiger charge is -2.23. The molecule has 0 N–H and O–H groups in total. The first-order valence-corrected chi connectivity index (χ1v) is 9.23. The highest BCUT2D eigenvalue weighted by molar-refractivity contribution is 7.18. The lowest BCUT2D eigenvalue weighted by Crippen LogP contribution is -2.28. The first-order valence-electron chi connectivity index (χ1n) is 8.41. The summed E-state index contributed by atoms with van der Waals surface area (Å²) in [6.07, 6.45) is 10.8. The number of hydrogen-bond acceptors (Lipinski definition) is 2. The predicted molar refractivity (Wildman–Crippen MR) is 109 cm³/mol. The lowest BCUT2D eigenvalue weighted by molar-refractivity contribution is -0.642. The molecule has 0 bridgehead atoms. The minimum absolute atomic E-state index is 1.24. The third-order valence-electron chi connectivity index (χ3n) is 4.61. The lowest BCUT2D eigenvalue weighted by atomic mass is 10.00. The van der Waals surface area contributed by atoms with Gasteiger partial charge < -0.3 is 4.90 Å². The number of aryl methyl sites for hydroxylation is 2. The Labute approximate surface area is 152 Å². The number of rotatable bonds is 2. The van der Waals surface area contributed by atoms with Gasteiger partial charge in [0.05, 0.1) is 0 Å². The molecule has 0 aliphatic carbocycles. The largest absolute Gasteiger partial charge is 0.351 e. The van der Waals surface area contributed by atoms with Crippen molar-refractivity contribution in [3.8, 4) is 0 Å². The van der Waals surface area contributed by atoms with Crippen LogP contribution in [0.15, 0.2) is 66.9 Å². The summed E-state index contributed by atoms with van der Waals surface area (Å²) in [6, 6.07) is 15.1. The van der Waals surface area contributed by atoms with E-state index in [1.54, 1.807) is 0 Å². The molecule has 3 aromatic rings. The van der Waals surface area contributed by atoms with Crippen molar-refractivity contribution in [1.82, 2.24) is 0 Å².